The van der Waals surface area contributed by atoms with E-state index in [1.54, 1.807) is 43.6 Å². The van der Waals surface area contributed by atoms with Crippen molar-refractivity contribution in [2.45, 2.75) is 11.8 Å². The van der Waals surface area contributed by atoms with Crippen LogP contribution in [-0.2, 0) is 14.8 Å². The van der Waals surface area contributed by atoms with Crippen molar-refractivity contribution in [3.63, 3.8) is 0 Å². The van der Waals surface area contributed by atoms with E-state index >= 15 is 0 Å². The molecule has 9 nitrogen and oxygen atoms in total. The Balaban J connectivity index is 1.75. The molecule has 31 heavy (non-hydrogen) atoms. The number of carbonyl (C=O) groups excluding carboxylic acids is 1. The number of carbonyl (C=O) groups is 2. The standard InChI is InChI=1S/C21H19N3O6S/c1-14-11-18(5-6-19(14)30-13-20(25)26)31(28,29)24-17-4-2-3-15(12-17)21(27)23-16-7-9-22-10-8-16/h2-12,24H,13H2,1H3,(H,25,26)(H,22,23,27). The Kier molecular flexibility index (Phi) is 6.51. The number of anilines is 2. The second kappa shape index (κ2) is 9.26. The van der Waals surface area contributed by atoms with Crippen molar-refractivity contribution in [3.8, 4) is 5.75 Å². The average Bonchev–Trinajstić information content (AvgIpc) is 2.73. The topological polar surface area (TPSA) is 135 Å². The normalized spacial score (nSPS) is 10.9. The fourth-order valence-corrected chi connectivity index (χ4v) is 3.80. The number of nitrogens with zero attached hydrogens (tertiary/aromatic N) is 1. The summed E-state index contributed by atoms with van der Waals surface area (Å²) in [5.74, 6) is -1.26. The molecule has 0 atom stereocenters. The first-order chi connectivity index (χ1) is 14.7. The molecule has 0 saturated carbocycles. The number of carboxylic acid groups (broad SMARTS) is 1. The Morgan fingerprint density at radius 3 is 2.45 bits per heavy atom. The summed E-state index contributed by atoms with van der Waals surface area (Å²) in [6.07, 6.45) is 3.08. The average molecular weight is 441 g/mol. The maximum atomic E-state index is 12.7. The third kappa shape index (κ3) is 5.80. The summed E-state index contributed by atoms with van der Waals surface area (Å²) in [5, 5.41) is 11.4. The van der Waals surface area contributed by atoms with Gasteiger partial charge in [0.25, 0.3) is 15.9 Å². The Morgan fingerprint density at radius 1 is 1.03 bits per heavy atom. The van der Waals surface area contributed by atoms with Crippen LogP contribution in [0.15, 0.2) is 71.9 Å². The minimum atomic E-state index is -3.95. The molecule has 1 amide bonds. The van der Waals surface area contributed by atoms with Gasteiger partial charge in [-0.25, -0.2) is 13.2 Å². The molecule has 0 spiro atoms. The summed E-state index contributed by atoms with van der Waals surface area (Å²) in [5.41, 5.74) is 1.51. The molecule has 0 radical (unpaired) electrons. The second-order valence-corrected chi connectivity index (χ2v) is 8.17. The van der Waals surface area contributed by atoms with Crippen LogP contribution < -0.4 is 14.8 Å². The summed E-state index contributed by atoms with van der Waals surface area (Å²) >= 11 is 0. The number of amides is 1. The van der Waals surface area contributed by atoms with Crippen molar-refractivity contribution in [1.82, 2.24) is 4.98 Å². The van der Waals surface area contributed by atoms with E-state index in [1.165, 1.54) is 30.3 Å². The first-order valence-electron chi connectivity index (χ1n) is 9.04. The van der Waals surface area contributed by atoms with Gasteiger partial charge in [-0.1, -0.05) is 6.07 Å². The van der Waals surface area contributed by atoms with Crippen molar-refractivity contribution < 1.29 is 27.9 Å². The maximum absolute atomic E-state index is 12.7. The Hall–Kier alpha value is -3.92. The molecule has 0 aliphatic carbocycles. The van der Waals surface area contributed by atoms with Crippen LogP contribution >= 0.6 is 0 Å². The van der Waals surface area contributed by atoms with Crippen molar-refractivity contribution in [2.24, 2.45) is 0 Å². The van der Waals surface area contributed by atoms with Gasteiger partial charge in [0, 0.05) is 29.3 Å². The molecule has 0 aliphatic heterocycles. The van der Waals surface area contributed by atoms with Gasteiger partial charge >= 0.3 is 5.97 Å². The molecular formula is C21H19N3O6S. The van der Waals surface area contributed by atoms with Crippen LogP contribution in [-0.4, -0.2) is 37.0 Å². The van der Waals surface area contributed by atoms with Crippen molar-refractivity contribution in [1.29, 1.82) is 0 Å². The third-order valence-electron chi connectivity index (χ3n) is 4.12. The van der Waals surface area contributed by atoms with Gasteiger partial charge in [-0.3, -0.25) is 14.5 Å². The van der Waals surface area contributed by atoms with Crippen LogP contribution in [0.1, 0.15) is 15.9 Å². The predicted octanol–water partition coefficient (Wildman–Crippen LogP) is 2.91. The molecular weight excluding hydrogens is 422 g/mol. The van der Waals surface area contributed by atoms with Crippen LogP contribution in [0.2, 0.25) is 0 Å². The number of aromatic nitrogens is 1. The fourth-order valence-electron chi connectivity index (χ4n) is 2.67. The van der Waals surface area contributed by atoms with Gasteiger partial charge < -0.3 is 15.2 Å². The molecule has 0 saturated heterocycles. The fraction of sp³-hybridized carbons (Fsp3) is 0.0952. The van der Waals surface area contributed by atoms with E-state index in [0.29, 0.717) is 11.3 Å². The van der Waals surface area contributed by atoms with E-state index in [1.807, 2.05) is 0 Å². The first kappa shape index (κ1) is 21.8. The molecule has 1 aromatic heterocycles. The molecule has 3 rings (SSSR count). The number of rotatable bonds is 8. The molecule has 0 unspecified atom stereocenters. The Morgan fingerprint density at radius 2 is 1.77 bits per heavy atom. The Labute approximate surface area is 178 Å². The summed E-state index contributed by atoms with van der Waals surface area (Å²) in [6, 6.07) is 13.4. The van der Waals surface area contributed by atoms with Gasteiger partial charge in [-0.15, -0.1) is 0 Å². The number of hydrogen-bond acceptors (Lipinski definition) is 6. The first-order valence-corrected chi connectivity index (χ1v) is 10.5. The van der Waals surface area contributed by atoms with Crippen LogP contribution in [0.3, 0.4) is 0 Å². The second-order valence-electron chi connectivity index (χ2n) is 6.49. The molecule has 10 heteroatoms. The molecule has 3 aromatic rings. The quantitative estimate of drug-likeness (QED) is 0.489. The minimum absolute atomic E-state index is 0.0284. The molecule has 160 valence electrons. The van der Waals surface area contributed by atoms with Crippen molar-refractivity contribution in [2.75, 3.05) is 16.6 Å². The number of pyridine rings is 1. The summed E-state index contributed by atoms with van der Waals surface area (Å²) in [6.45, 7) is 1.08. The van der Waals surface area contributed by atoms with Gasteiger partial charge in [-0.05, 0) is 61.0 Å². The number of carboxylic acids is 1. The largest absolute Gasteiger partial charge is 0.482 e. The third-order valence-corrected chi connectivity index (χ3v) is 5.50. The van der Waals surface area contributed by atoms with E-state index in [-0.39, 0.29) is 21.9 Å². The number of aryl methyl sites for hydroxylation is 1. The van der Waals surface area contributed by atoms with Gasteiger partial charge in [0.05, 0.1) is 4.90 Å². The lowest BCUT2D eigenvalue weighted by Gasteiger charge is -2.12. The lowest BCUT2D eigenvalue weighted by atomic mass is 10.2. The summed E-state index contributed by atoms with van der Waals surface area (Å²) in [4.78, 5) is 26.9. The smallest absolute Gasteiger partial charge is 0.341 e. The number of aliphatic carboxylic acids is 1. The lowest BCUT2D eigenvalue weighted by molar-refractivity contribution is -0.139. The minimum Gasteiger partial charge on any atom is -0.482 e. The van der Waals surface area contributed by atoms with E-state index < -0.39 is 28.5 Å². The highest BCUT2D eigenvalue weighted by Gasteiger charge is 2.17. The Bertz CT molecular complexity index is 1210. The predicted molar refractivity (Wildman–Crippen MR) is 114 cm³/mol. The van der Waals surface area contributed by atoms with Gasteiger partial charge in [0.1, 0.15) is 5.75 Å². The highest BCUT2D eigenvalue weighted by molar-refractivity contribution is 7.92. The number of ether oxygens (including phenoxy) is 1. The van der Waals surface area contributed by atoms with Gasteiger partial charge in [-0.2, -0.15) is 0 Å². The van der Waals surface area contributed by atoms with Crippen LogP contribution in [0, 0.1) is 6.92 Å². The SMILES string of the molecule is Cc1cc(S(=O)(=O)Nc2cccc(C(=O)Nc3ccncc3)c2)ccc1OCC(=O)O. The van der Waals surface area contributed by atoms with Crippen LogP contribution in [0.5, 0.6) is 5.75 Å². The van der Waals surface area contributed by atoms with E-state index in [4.69, 9.17) is 9.84 Å². The molecule has 0 bridgehead atoms. The zero-order valence-electron chi connectivity index (χ0n) is 16.4. The molecule has 2 aromatic carbocycles. The zero-order valence-corrected chi connectivity index (χ0v) is 17.2. The molecule has 1 heterocycles. The molecule has 0 fully saturated rings. The van der Waals surface area contributed by atoms with Gasteiger partial charge in [0.2, 0.25) is 0 Å². The van der Waals surface area contributed by atoms with E-state index in [9.17, 15) is 18.0 Å². The van der Waals surface area contributed by atoms with E-state index in [0.717, 1.165) is 0 Å². The van der Waals surface area contributed by atoms with E-state index in [2.05, 4.69) is 15.0 Å². The van der Waals surface area contributed by atoms with Crippen LogP contribution in [0.25, 0.3) is 0 Å². The molecule has 3 N–H and O–H groups in total. The highest BCUT2D eigenvalue weighted by Crippen LogP contribution is 2.24. The zero-order chi connectivity index (χ0) is 22.4. The number of benzene rings is 2. The molecule has 0 aliphatic rings. The number of sulfonamides is 1. The maximum Gasteiger partial charge on any atom is 0.341 e. The number of hydrogen-bond donors (Lipinski definition) is 3. The van der Waals surface area contributed by atoms with Crippen molar-refractivity contribution in [3.05, 3.63) is 78.1 Å². The number of nitrogens with one attached hydrogen (secondary N) is 2. The van der Waals surface area contributed by atoms with Crippen LogP contribution in [0.4, 0.5) is 11.4 Å². The van der Waals surface area contributed by atoms with Gasteiger partial charge in [0.15, 0.2) is 6.61 Å². The summed E-state index contributed by atoms with van der Waals surface area (Å²) < 4.78 is 33.0. The lowest BCUT2D eigenvalue weighted by Crippen LogP contribution is -2.15. The summed E-state index contributed by atoms with van der Waals surface area (Å²) in [7, 11) is -3.95. The van der Waals surface area contributed by atoms with Crippen molar-refractivity contribution >= 4 is 33.3 Å². The highest BCUT2D eigenvalue weighted by atomic mass is 32.2. The monoisotopic (exact) mass is 441 g/mol.